The first-order valence-corrected chi connectivity index (χ1v) is 3.23. The molecule has 0 atom stereocenters. The number of aromatic nitrogens is 5. The molecule has 0 radical (unpaired) electrons. The molecule has 0 aliphatic rings. The van der Waals surface area contributed by atoms with E-state index in [1.165, 1.54) is 4.68 Å². The highest BCUT2D eigenvalue weighted by molar-refractivity contribution is 5.83. The van der Waals surface area contributed by atoms with Crippen LogP contribution in [0.1, 0.15) is 0 Å². The number of H-pyrrole nitrogens is 1. The Morgan fingerprint density at radius 1 is 1.58 bits per heavy atom. The maximum Gasteiger partial charge on any atom is 0.293 e. The first kappa shape index (κ1) is 6.77. The van der Waals surface area contributed by atoms with Crippen molar-refractivity contribution in [1.82, 2.24) is 25.2 Å². The summed E-state index contributed by atoms with van der Waals surface area (Å²) in [6.07, 6.45) is 0. The number of fused-ring (bicyclic) bond motifs is 1. The van der Waals surface area contributed by atoms with Crippen molar-refractivity contribution in [2.24, 2.45) is 7.05 Å². The van der Waals surface area contributed by atoms with Crippen molar-refractivity contribution in [3.63, 3.8) is 0 Å². The molecular weight excluding hydrogens is 160 g/mol. The Balaban J connectivity index is 3.09. The highest BCUT2D eigenvalue weighted by atomic mass is 16.1. The fourth-order valence-corrected chi connectivity index (χ4v) is 1.06. The summed E-state index contributed by atoms with van der Waals surface area (Å²) in [7, 11) is 1.62. The SMILES string of the molecule is Cn1nc(N)c2nn[nH]c(=O)c21. The van der Waals surface area contributed by atoms with Crippen molar-refractivity contribution >= 4 is 16.9 Å². The lowest BCUT2D eigenvalue weighted by atomic mass is 10.4. The van der Waals surface area contributed by atoms with Gasteiger partial charge in [0, 0.05) is 7.05 Å². The van der Waals surface area contributed by atoms with Gasteiger partial charge in [-0.3, -0.25) is 9.48 Å². The predicted octanol–water partition coefficient (Wildman–Crippen LogP) is -1.37. The van der Waals surface area contributed by atoms with Crippen molar-refractivity contribution in [3.8, 4) is 0 Å². The number of anilines is 1. The first-order chi connectivity index (χ1) is 5.70. The summed E-state index contributed by atoms with van der Waals surface area (Å²) in [4.78, 5) is 11.1. The molecule has 0 saturated heterocycles. The van der Waals surface area contributed by atoms with Crippen LogP contribution < -0.4 is 11.3 Å². The molecule has 3 N–H and O–H groups in total. The molecule has 0 aromatic carbocycles. The van der Waals surface area contributed by atoms with Crippen LogP contribution in [-0.2, 0) is 7.05 Å². The van der Waals surface area contributed by atoms with Gasteiger partial charge in [-0.1, -0.05) is 5.21 Å². The molecule has 0 unspecified atom stereocenters. The Morgan fingerprint density at radius 3 is 3.00 bits per heavy atom. The Kier molecular flexibility index (Phi) is 1.15. The van der Waals surface area contributed by atoms with Crippen LogP contribution >= 0.6 is 0 Å². The molecule has 0 fully saturated rings. The largest absolute Gasteiger partial charge is 0.380 e. The van der Waals surface area contributed by atoms with Gasteiger partial charge in [0.2, 0.25) is 0 Å². The van der Waals surface area contributed by atoms with E-state index in [0.29, 0.717) is 11.0 Å². The van der Waals surface area contributed by atoms with E-state index in [-0.39, 0.29) is 11.4 Å². The standard InChI is InChI=1S/C5H6N6O/c1-11-3-2(4(6)9-11)7-10-8-5(3)12/h1H3,(H2,6,9)(H,7,8,12). The molecule has 12 heavy (non-hydrogen) atoms. The smallest absolute Gasteiger partial charge is 0.293 e. The number of nitrogens with one attached hydrogen (secondary N) is 1. The number of aromatic amines is 1. The van der Waals surface area contributed by atoms with Crippen LogP contribution in [0.2, 0.25) is 0 Å². The number of hydrogen-bond acceptors (Lipinski definition) is 5. The fourth-order valence-electron chi connectivity index (χ4n) is 1.06. The first-order valence-electron chi connectivity index (χ1n) is 3.23. The van der Waals surface area contributed by atoms with Crippen LogP contribution in [0.25, 0.3) is 11.0 Å². The summed E-state index contributed by atoms with van der Waals surface area (Å²) in [5.41, 5.74) is 5.79. The van der Waals surface area contributed by atoms with E-state index in [4.69, 9.17) is 5.73 Å². The summed E-state index contributed by atoms with van der Waals surface area (Å²) in [6, 6.07) is 0. The summed E-state index contributed by atoms with van der Waals surface area (Å²) in [6.45, 7) is 0. The van der Waals surface area contributed by atoms with E-state index in [1.807, 2.05) is 0 Å². The van der Waals surface area contributed by atoms with E-state index in [0.717, 1.165) is 0 Å². The third-order valence-electron chi connectivity index (χ3n) is 1.56. The Labute approximate surface area is 66.2 Å². The van der Waals surface area contributed by atoms with E-state index < -0.39 is 0 Å². The second kappa shape index (κ2) is 2.03. The zero-order valence-electron chi connectivity index (χ0n) is 6.27. The van der Waals surface area contributed by atoms with Crippen molar-refractivity contribution in [2.45, 2.75) is 0 Å². The monoisotopic (exact) mass is 166 g/mol. The number of hydrogen-bond donors (Lipinski definition) is 2. The lowest BCUT2D eigenvalue weighted by Crippen LogP contribution is -2.12. The van der Waals surface area contributed by atoms with Gasteiger partial charge in [0.05, 0.1) is 0 Å². The van der Waals surface area contributed by atoms with E-state index >= 15 is 0 Å². The minimum absolute atomic E-state index is 0.214. The Morgan fingerprint density at radius 2 is 2.33 bits per heavy atom. The van der Waals surface area contributed by atoms with E-state index in [9.17, 15) is 4.79 Å². The van der Waals surface area contributed by atoms with Crippen molar-refractivity contribution in [1.29, 1.82) is 0 Å². The van der Waals surface area contributed by atoms with Crippen LogP contribution in [0, 0.1) is 0 Å². The second-order valence-electron chi connectivity index (χ2n) is 2.35. The molecule has 0 aliphatic carbocycles. The van der Waals surface area contributed by atoms with Gasteiger partial charge in [0.15, 0.2) is 16.9 Å². The van der Waals surface area contributed by atoms with Crippen LogP contribution in [0.15, 0.2) is 4.79 Å². The summed E-state index contributed by atoms with van der Waals surface area (Å²) in [5.74, 6) is 0.214. The molecule has 0 aliphatic heterocycles. The van der Waals surface area contributed by atoms with Gasteiger partial charge in [0.1, 0.15) is 0 Å². The van der Waals surface area contributed by atoms with Gasteiger partial charge in [-0.25, -0.2) is 5.10 Å². The summed E-state index contributed by atoms with van der Waals surface area (Å²) >= 11 is 0. The van der Waals surface area contributed by atoms with Crippen molar-refractivity contribution in [2.75, 3.05) is 5.73 Å². The van der Waals surface area contributed by atoms with Gasteiger partial charge < -0.3 is 5.73 Å². The quantitative estimate of drug-likeness (QED) is 0.502. The van der Waals surface area contributed by atoms with Crippen LogP contribution in [0.4, 0.5) is 5.82 Å². The topological polar surface area (TPSA) is 102 Å². The average molecular weight is 166 g/mol. The number of nitrogens with two attached hydrogens (primary N) is 1. The van der Waals surface area contributed by atoms with Crippen molar-refractivity contribution in [3.05, 3.63) is 10.4 Å². The number of nitrogen functional groups attached to an aromatic ring is 1. The zero-order chi connectivity index (χ0) is 8.72. The molecule has 2 heterocycles. The molecule has 2 rings (SSSR count). The fraction of sp³-hybridized carbons (Fsp3) is 0.200. The molecule has 2 aromatic rings. The van der Waals surface area contributed by atoms with E-state index in [1.54, 1.807) is 7.05 Å². The third-order valence-corrected chi connectivity index (χ3v) is 1.56. The molecule has 0 spiro atoms. The van der Waals surface area contributed by atoms with Gasteiger partial charge in [-0.2, -0.15) is 5.10 Å². The Bertz CT molecular complexity index is 482. The molecule has 62 valence electrons. The van der Waals surface area contributed by atoms with Gasteiger partial charge in [0.25, 0.3) is 5.56 Å². The lowest BCUT2D eigenvalue weighted by molar-refractivity contribution is 0.787. The molecule has 0 bridgehead atoms. The number of rotatable bonds is 0. The minimum atomic E-state index is -0.341. The summed E-state index contributed by atoms with van der Waals surface area (Å²) in [5, 5.41) is 13.0. The maximum atomic E-state index is 11.1. The van der Waals surface area contributed by atoms with Gasteiger partial charge in [-0.05, 0) is 0 Å². The van der Waals surface area contributed by atoms with Crippen molar-refractivity contribution < 1.29 is 0 Å². The van der Waals surface area contributed by atoms with E-state index in [2.05, 4.69) is 20.5 Å². The minimum Gasteiger partial charge on any atom is -0.380 e. The normalized spacial score (nSPS) is 10.8. The highest BCUT2D eigenvalue weighted by Gasteiger charge is 2.09. The highest BCUT2D eigenvalue weighted by Crippen LogP contribution is 2.10. The number of aryl methyl sites for hydroxylation is 1. The summed E-state index contributed by atoms with van der Waals surface area (Å²) < 4.78 is 1.37. The van der Waals surface area contributed by atoms with Crippen LogP contribution in [-0.4, -0.2) is 25.2 Å². The lowest BCUT2D eigenvalue weighted by Gasteiger charge is -1.87. The van der Waals surface area contributed by atoms with Crippen LogP contribution in [0.3, 0.4) is 0 Å². The predicted molar refractivity (Wildman–Crippen MR) is 41.3 cm³/mol. The van der Waals surface area contributed by atoms with Gasteiger partial charge >= 0.3 is 0 Å². The molecular formula is C5H6N6O. The number of nitrogens with zero attached hydrogens (tertiary/aromatic N) is 4. The molecule has 7 nitrogen and oxygen atoms in total. The third kappa shape index (κ3) is 0.698. The molecule has 2 aromatic heterocycles. The zero-order valence-corrected chi connectivity index (χ0v) is 6.27. The second-order valence-corrected chi connectivity index (χ2v) is 2.35. The molecule has 0 saturated carbocycles. The average Bonchev–Trinajstić information content (AvgIpc) is 2.29. The van der Waals surface area contributed by atoms with Crippen LogP contribution in [0.5, 0.6) is 0 Å². The Hall–Kier alpha value is -1.92. The molecule has 7 heteroatoms. The maximum absolute atomic E-state index is 11.1. The van der Waals surface area contributed by atoms with Gasteiger partial charge in [-0.15, -0.1) is 5.10 Å². The molecule has 0 amide bonds.